The summed E-state index contributed by atoms with van der Waals surface area (Å²) in [4.78, 5) is 224. The Labute approximate surface area is 761 Å². The number of hydrogen-bond acceptors (Lipinski definition) is 36. The van der Waals surface area contributed by atoms with E-state index in [1.54, 1.807) is 6.08 Å². The molecule has 9 N–H and O–H groups in total. The molecule has 0 bridgehead atoms. The maximum atomic E-state index is 14.2. The molecule has 4 aliphatic rings. The number of carbonyl (C=O) groups is 18. The predicted molar refractivity (Wildman–Crippen MR) is 451 cm³/mol. The van der Waals surface area contributed by atoms with Gasteiger partial charge in [0.2, 0.25) is 47.3 Å². The number of nitrogens with one attached hydrogen (secondary N) is 8. The predicted octanol–water partition coefficient (Wildman–Crippen LogP) is 1.35. The summed E-state index contributed by atoms with van der Waals surface area (Å²) in [5.41, 5.74) is 0.218. The van der Waals surface area contributed by atoms with Gasteiger partial charge in [0.1, 0.15) is 68.5 Å². The number of aliphatic carboxylic acids is 1. The van der Waals surface area contributed by atoms with Crippen molar-refractivity contribution < 1.29 is 177 Å². The van der Waals surface area contributed by atoms with Crippen LogP contribution < -0.4 is 42.5 Å². The lowest BCUT2D eigenvalue weighted by molar-refractivity contribution is -0.277. The number of amides is 8. The van der Waals surface area contributed by atoms with Crippen LogP contribution in [0.15, 0.2) is 11.6 Å². The van der Waals surface area contributed by atoms with Gasteiger partial charge in [0.25, 0.3) is 0 Å². The lowest BCUT2D eigenvalue weighted by atomic mass is 9.91. The number of unbranched alkanes of at least 4 members (excludes halogenated alkanes) is 11. The fourth-order valence-corrected chi connectivity index (χ4v) is 14.5. The van der Waals surface area contributed by atoms with Crippen molar-refractivity contribution in [3.05, 3.63) is 11.6 Å². The zero-order valence-electron chi connectivity index (χ0n) is 77.1. The van der Waals surface area contributed by atoms with Crippen LogP contribution in [0.3, 0.4) is 0 Å². The van der Waals surface area contributed by atoms with E-state index in [0.717, 1.165) is 62.3 Å². The molecule has 8 amide bonds. The maximum absolute atomic E-state index is 14.2. The Morgan fingerprint density at radius 1 is 0.305 bits per heavy atom. The van der Waals surface area contributed by atoms with E-state index in [0.29, 0.717) is 109 Å². The van der Waals surface area contributed by atoms with Crippen molar-refractivity contribution in [2.75, 3.05) is 92.2 Å². The van der Waals surface area contributed by atoms with Gasteiger partial charge in [-0.3, -0.25) is 86.3 Å². The van der Waals surface area contributed by atoms with Gasteiger partial charge in [-0.15, -0.1) is 0 Å². The molecule has 0 aromatic rings. The molecule has 0 saturated carbocycles. The van der Waals surface area contributed by atoms with E-state index in [1.165, 1.54) is 20.8 Å². The Hall–Kier alpha value is -10.2. The average molecular weight is 1870 g/mol. The van der Waals surface area contributed by atoms with Gasteiger partial charge in [-0.1, -0.05) is 38.5 Å². The van der Waals surface area contributed by atoms with Crippen LogP contribution in [-0.2, 0) is 172 Å². The second-order valence-electron chi connectivity index (χ2n) is 31.7. The van der Waals surface area contributed by atoms with E-state index in [-0.39, 0.29) is 134 Å². The molecule has 4 rings (SSSR count). The molecule has 3 aliphatic heterocycles. The number of esters is 9. The number of carbonyl (C=O) groups excluding carboxylic acids is 17. The van der Waals surface area contributed by atoms with E-state index in [2.05, 4.69) is 42.5 Å². The summed E-state index contributed by atoms with van der Waals surface area (Å²) in [7, 11) is 0. The number of hydrogen-bond donors (Lipinski definition) is 9. The van der Waals surface area contributed by atoms with Gasteiger partial charge in [0, 0.05) is 180 Å². The van der Waals surface area contributed by atoms with Crippen LogP contribution in [-0.4, -0.2) is 314 Å². The Balaban J connectivity index is 1.46. The molecule has 45 nitrogen and oxygen atoms in total. The highest BCUT2D eigenvalue weighted by atomic mass is 16.7. The summed E-state index contributed by atoms with van der Waals surface area (Å²) in [5.74, 6) is -11.0. The van der Waals surface area contributed by atoms with Crippen molar-refractivity contribution in [3.63, 3.8) is 0 Å². The van der Waals surface area contributed by atoms with Crippen LogP contribution in [0.4, 0.5) is 0 Å². The van der Waals surface area contributed by atoms with Crippen molar-refractivity contribution in [3.8, 4) is 0 Å². The minimum absolute atomic E-state index is 0.0535. The molecule has 1 aliphatic carbocycles. The first kappa shape index (κ1) is 113. The van der Waals surface area contributed by atoms with Crippen molar-refractivity contribution in [1.29, 1.82) is 0 Å². The smallest absolute Gasteiger partial charge is 0.303 e. The monoisotopic (exact) mass is 1870 g/mol. The third-order valence-corrected chi connectivity index (χ3v) is 20.2. The van der Waals surface area contributed by atoms with Crippen LogP contribution in [0, 0.1) is 0 Å². The lowest BCUT2D eigenvalue weighted by Gasteiger charge is -2.44. The highest BCUT2D eigenvalue weighted by Crippen LogP contribution is 2.33. The van der Waals surface area contributed by atoms with Crippen LogP contribution in [0.5, 0.6) is 0 Å². The highest BCUT2D eigenvalue weighted by Gasteiger charge is 2.55. The van der Waals surface area contributed by atoms with Crippen LogP contribution in [0.1, 0.15) is 224 Å². The molecule has 0 aromatic heterocycles. The molecule has 0 spiro atoms. The largest absolute Gasteiger partial charge is 0.481 e. The van der Waals surface area contributed by atoms with E-state index >= 15 is 0 Å². The Morgan fingerprint density at radius 3 is 0.916 bits per heavy atom. The normalized spacial score (nSPS) is 23.8. The molecular formula is C86H136N8O37. The maximum Gasteiger partial charge on any atom is 0.303 e. The second-order valence-corrected chi connectivity index (χ2v) is 31.7. The fourth-order valence-electron chi connectivity index (χ4n) is 14.5. The van der Waals surface area contributed by atoms with Crippen molar-refractivity contribution in [2.24, 2.45) is 0 Å². The van der Waals surface area contributed by atoms with Crippen LogP contribution in [0.2, 0.25) is 0 Å². The molecule has 3 saturated heterocycles. The third kappa shape index (κ3) is 47.2. The second kappa shape index (κ2) is 63.1. The lowest BCUT2D eigenvalue weighted by Crippen LogP contribution is -2.66. The average Bonchev–Trinajstić information content (AvgIpc) is 0.790. The van der Waals surface area contributed by atoms with Gasteiger partial charge >= 0.3 is 59.7 Å². The number of rotatable bonds is 62. The van der Waals surface area contributed by atoms with E-state index in [1.807, 2.05) is 0 Å². The third-order valence-electron chi connectivity index (χ3n) is 20.2. The number of carboxylic acid groups (broad SMARTS) is 1. The summed E-state index contributed by atoms with van der Waals surface area (Å²) in [6, 6.07) is -3.45. The first-order valence-corrected chi connectivity index (χ1v) is 44.5. The quantitative estimate of drug-likeness (QED) is 0.0236. The first-order valence-electron chi connectivity index (χ1n) is 44.5. The summed E-state index contributed by atoms with van der Waals surface area (Å²) in [6.07, 6.45) is -8.76. The molecule has 742 valence electrons. The van der Waals surface area contributed by atoms with E-state index < -0.39 is 213 Å². The molecule has 3 heterocycles. The topological polar surface area (TPSA) is 590 Å². The van der Waals surface area contributed by atoms with Crippen LogP contribution in [0.25, 0.3) is 0 Å². The summed E-state index contributed by atoms with van der Waals surface area (Å²) >= 11 is 0. The molecule has 0 aromatic carbocycles. The standard InChI is InChI=1S/C86H136N8O37/c1-50(95)92-73-80(126-59(10)104)77(123-56(7)101)65(47-120-53(4)98)129-84(73)117-39-26-16-13-21-34-88-69(108)31-42-114-63-45-62(83(113)91-38-25-24-37-87-68(107)29-19-20-30-72(111)112)46-64(115-43-32-70(109)89-35-22-14-17-27-40-118-85-74(93-51(2)96)81(127-60(11)105)78(124-57(8)102)66(130-85)48-121-54(5)99)76(63)116-44-33-71(110)90-36-23-15-18-28-41-119-86-75(94-52(3)97)82(128-61(12)106)79(125-58(9)103)67(131-86)49-122-55(6)100/h45,63-67,73-82,84-86H,13-44,46-49H2,1-12H3,(H,87,107)(H,88,108)(H,89,109)(H,90,110)(H,91,113)(H,92,95)(H,93,96)(H,94,97)(H,111,112)/t63-,64-,65-,66-,67-,73-,74-,75-,76-,77+,78+,79+,80-,81-,82-,84-,85-,86-/m1/s1. The van der Waals surface area contributed by atoms with Gasteiger partial charge in [-0.2, -0.15) is 0 Å². The van der Waals surface area contributed by atoms with Gasteiger partial charge in [-0.25, -0.2) is 0 Å². The minimum atomic E-state index is -1.30. The summed E-state index contributed by atoms with van der Waals surface area (Å²) < 4.78 is 104. The first-order chi connectivity index (χ1) is 62.3. The number of carboxylic acids is 1. The highest BCUT2D eigenvalue weighted by molar-refractivity contribution is 5.94. The van der Waals surface area contributed by atoms with Crippen LogP contribution >= 0.6 is 0 Å². The van der Waals surface area contributed by atoms with Gasteiger partial charge < -0.3 is 133 Å². The van der Waals surface area contributed by atoms with Gasteiger partial charge in [-0.05, 0) is 70.3 Å². The Kier molecular flexibility index (Phi) is 54.5. The zero-order chi connectivity index (χ0) is 96.9. The molecule has 0 unspecified atom stereocenters. The SMILES string of the molecule is CC(=O)N[C@H]1[C@H](OCCCCCCNC(=O)CCO[C@@H]2[C@H](OCCC(=O)NCCCCCCO[C@@H]3O[C@H](COC(C)=O)[C@H](OC(C)=O)[C@H](OC(C)=O)[C@H]3NC(C)=O)C=C(C(=O)NCCCCNC(=O)CCCCC(=O)O)C[C@H]2OCCC(=O)NCCCCCCO[C@@H]2O[C@H](COC(C)=O)[C@H](OC(C)=O)[C@H](OC(C)=O)[C@H]2NC(C)=O)O[C@H](COC(C)=O)[C@H](OC(C)=O)[C@@H]1OC(C)=O. The molecular weight excluding hydrogens is 1740 g/mol. The molecule has 18 atom stereocenters. The zero-order valence-corrected chi connectivity index (χ0v) is 77.1. The van der Waals surface area contributed by atoms with Crippen molar-refractivity contribution in [1.82, 2.24) is 42.5 Å². The Morgan fingerprint density at radius 2 is 0.595 bits per heavy atom. The Bertz CT molecular complexity index is 3720. The molecule has 45 heteroatoms. The van der Waals surface area contributed by atoms with Gasteiger partial charge in [0.15, 0.2) is 55.5 Å². The molecule has 0 radical (unpaired) electrons. The number of ether oxygens (including phenoxy) is 18. The summed E-state index contributed by atoms with van der Waals surface area (Å²) in [6.45, 7) is 13.6. The minimum Gasteiger partial charge on any atom is -0.481 e. The van der Waals surface area contributed by atoms with Crippen molar-refractivity contribution in [2.45, 2.75) is 335 Å². The van der Waals surface area contributed by atoms with Crippen molar-refractivity contribution >= 4 is 107 Å². The fraction of sp³-hybridized carbons (Fsp3) is 0.767. The van der Waals surface area contributed by atoms with Gasteiger partial charge in [0.05, 0.1) is 25.9 Å². The van der Waals surface area contributed by atoms with E-state index in [4.69, 9.17) is 90.4 Å². The van der Waals surface area contributed by atoms with E-state index in [9.17, 15) is 86.3 Å². The summed E-state index contributed by atoms with van der Waals surface area (Å²) in [5, 5.41) is 31.3. The molecule has 131 heavy (non-hydrogen) atoms. The molecule has 3 fully saturated rings.